The second kappa shape index (κ2) is 3.40. The fourth-order valence-corrected chi connectivity index (χ4v) is 1.31. The van der Waals surface area contributed by atoms with Crippen LogP contribution in [0.5, 0.6) is 0 Å². The largest absolute Gasteiger partial charge is 0.272 e. The number of rotatable bonds is 2. The monoisotopic (exact) mass is 163 g/mol. The standard InChI is InChI=1S/C9H13N3/c1-4-9-8(5-6-10)7(2)12(3)11-9/h4-5H2,1-3H3. The first-order valence-corrected chi connectivity index (χ1v) is 4.09. The van der Waals surface area contributed by atoms with Gasteiger partial charge in [0.05, 0.1) is 18.2 Å². The van der Waals surface area contributed by atoms with E-state index in [1.165, 1.54) is 0 Å². The van der Waals surface area contributed by atoms with E-state index < -0.39 is 0 Å². The van der Waals surface area contributed by atoms with E-state index in [1.54, 1.807) is 0 Å². The molecule has 1 rings (SSSR count). The molecule has 3 heteroatoms. The Bertz CT molecular complexity index is 317. The lowest BCUT2D eigenvalue weighted by Gasteiger charge is -1.94. The zero-order valence-electron chi connectivity index (χ0n) is 7.76. The van der Waals surface area contributed by atoms with Crippen LogP contribution in [-0.2, 0) is 19.9 Å². The maximum absolute atomic E-state index is 8.59. The minimum Gasteiger partial charge on any atom is -0.272 e. The van der Waals surface area contributed by atoms with Crippen molar-refractivity contribution >= 4 is 0 Å². The third kappa shape index (κ3) is 1.33. The first-order chi connectivity index (χ1) is 5.70. The molecule has 1 heterocycles. The SMILES string of the molecule is CCc1nn(C)c(C)c1CC#N. The molecule has 0 bridgehead atoms. The van der Waals surface area contributed by atoms with Gasteiger partial charge in [-0.2, -0.15) is 10.4 Å². The van der Waals surface area contributed by atoms with Gasteiger partial charge in [0.15, 0.2) is 0 Å². The first-order valence-electron chi connectivity index (χ1n) is 4.09. The normalized spacial score (nSPS) is 9.83. The van der Waals surface area contributed by atoms with Crippen LogP contribution in [-0.4, -0.2) is 9.78 Å². The average molecular weight is 163 g/mol. The molecule has 0 unspecified atom stereocenters. The molecular formula is C9H13N3. The highest BCUT2D eigenvalue weighted by atomic mass is 15.3. The van der Waals surface area contributed by atoms with Gasteiger partial charge in [-0.1, -0.05) is 6.92 Å². The predicted molar refractivity (Wildman–Crippen MR) is 46.6 cm³/mol. The van der Waals surface area contributed by atoms with Crippen LogP contribution in [0.3, 0.4) is 0 Å². The summed E-state index contributed by atoms with van der Waals surface area (Å²) in [4.78, 5) is 0. The van der Waals surface area contributed by atoms with Crippen molar-refractivity contribution in [3.63, 3.8) is 0 Å². The summed E-state index contributed by atoms with van der Waals surface area (Å²) >= 11 is 0. The molecule has 0 aliphatic heterocycles. The van der Waals surface area contributed by atoms with Crippen LogP contribution in [0.4, 0.5) is 0 Å². The molecule has 0 N–H and O–H groups in total. The average Bonchev–Trinajstić information content (AvgIpc) is 2.33. The van der Waals surface area contributed by atoms with E-state index in [2.05, 4.69) is 18.1 Å². The van der Waals surface area contributed by atoms with Crippen molar-refractivity contribution in [3.05, 3.63) is 17.0 Å². The van der Waals surface area contributed by atoms with Crippen molar-refractivity contribution in [1.29, 1.82) is 5.26 Å². The van der Waals surface area contributed by atoms with E-state index in [0.717, 1.165) is 23.4 Å². The number of aryl methyl sites for hydroxylation is 2. The van der Waals surface area contributed by atoms with Crippen LogP contribution in [0.2, 0.25) is 0 Å². The molecule has 0 radical (unpaired) electrons. The van der Waals surface area contributed by atoms with Gasteiger partial charge < -0.3 is 0 Å². The zero-order valence-corrected chi connectivity index (χ0v) is 7.76. The number of hydrogen-bond acceptors (Lipinski definition) is 2. The third-order valence-electron chi connectivity index (χ3n) is 2.13. The molecule has 0 amide bonds. The highest BCUT2D eigenvalue weighted by Gasteiger charge is 2.09. The Morgan fingerprint density at radius 3 is 2.75 bits per heavy atom. The summed E-state index contributed by atoms with van der Waals surface area (Å²) in [5.74, 6) is 0. The van der Waals surface area contributed by atoms with Crippen molar-refractivity contribution in [2.24, 2.45) is 7.05 Å². The van der Waals surface area contributed by atoms with Crippen LogP contribution >= 0.6 is 0 Å². The lowest BCUT2D eigenvalue weighted by molar-refractivity contribution is 0.723. The molecule has 1 aromatic rings. The smallest absolute Gasteiger partial charge is 0.0671 e. The van der Waals surface area contributed by atoms with Crippen molar-refractivity contribution in [3.8, 4) is 6.07 Å². The molecular weight excluding hydrogens is 150 g/mol. The summed E-state index contributed by atoms with van der Waals surface area (Å²) in [6, 6.07) is 2.16. The fourth-order valence-electron chi connectivity index (χ4n) is 1.31. The number of aromatic nitrogens is 2. The van der Waals surface area contributed by atoms with Crippen LogP contribution in [0, 0.1) is 18.3 Å². The van der Waals surface area contributed by atoms with Crippen molar-refractivity contribution in [1.82, 2.24) is 9.78 Å². The molecule has 0 fully saturated rings. The minimum atomic E-state index is 0.475. The summed E-state index contributed by atoms with van der Waals surface area (Å²) < 4.78 is 1.84. The Kier molecular flexibility index (Phi) is 2.49. The molecule has 0 aliphatic carbocycles. The molecule has 0 spiro atoms. The van der Waals surface area contributed by atoms with Crippen LogP contribution in [0.25, 0.3) is 0 Å². The van der Waals surface area contributed by atoms with Gasteiger partial charge in [-0.05, 0) is 13.3 Å². The van der Waals surface area contributed by atoms with E-state index in [1.807, 2.05) is 18.7 Å². The summed E-state index contributed by atoms with van der Waals surface area (Å²) in [5.41, 5.74) is 3.26. The molecule has 0 aliphatic rings. The molecule has 0 saturated heterocycles. The predicted octanol–water partition coefficient (Wildman–Crippen LogP) is 1.36. The van der Waals surface area contributed by atoms with Gasteiger partial charge in [-0.15, -0.1) is 0 Å². The van der Waals surface area contributed by atoms with Gasteiger partial charge in [0, 0.05) is 18.3 Å². The minimum absolute atomic E-state index is 0.475. The van der Waals surface area contributed by atoms with Crippen LogP contribution in [0.1, 0.15) is 23.9 Å². The molecule has 1 aromatic heterocycles. The zero-order chi connectivity index (χ0) is 9.14. The summed E-state index contributed by atoms with van der Waals surface area (Å²) in [6.45, 7) is 4.06. The lowest BCUT2D eigenvalue weighted by atomic mass is 10.1. The molecule has 12 heavy (non-hydrogen) atoms. The number of hydrogen-bond donors (Lipinski definition) is 0. The lowest BCUT2D eigenvalue weighted by Crippen LogP contribution is -1.93. The molecule has 0 atom stereocenters. The summed E-state index contributed by atoms with van der Waals surface area (Å²) in [7, 11) is 1.91. The van der Waals surface area contributed by atoms with Gasteiger partial charge in [-0.25, -0.2) is 0 Å². The van der Waals surface area contributed by atoms with Gasteiger partial charge in [0.25, 0.3) is 0 Å². The second-order valence-corrected chi connectivity index (χ2v) is 2.82. The maximum Gasteiger partial charge on any atom is 0.0671 e. The van der Waals surface area contributed by atoms with Crippen LogP contribution < -0.4 is 0 Å². The molecule has 3 nitrogen and oxygen atoms in total. The summed E-state index contributed by atoms with van der Waals surface area (Å²) in [6.07, 6.45) is 1.38. The van der Waals surface area contributed by atoms with Crippen LogP contribution in [0.15, 0.2) is 0 Å². The number of nitrogens with zero attached hydrogens (tertiary/aromatic N) is 3. The van der Waals surface area contributed by atoms with Crippen molar-refractivity contribution in [2.75, 3.05) is 0 Å². The number of nitriles is 1. The highest BCUT2D eigenvalue weighted by molar-refractivity contribution is 5.28. The molecule has 0 aromatic carbocycles. The Morgan fingerprint density at radius 2 is 2.25 bits per heavy atom. The second-order valence-electron chi connectivity index (χ2n) is 2.82. The van der Waals surface area contributed by atoms with Gasteiger partial charge in [0.1, 0.15) is 0 Å². The summed E-state index contributed by atoms with van der Waals surface area (Å²) in [5, 5.41) is 12.9. The van der Waals surface area contributed by atoms with E-state index in [4.69, 9.17) is 5.26 Å². The van der Waals surface area contributed by atoms with E-state index in [0.29, 0.717) is 6.42 Å². The Balaban J connectivity index is 3.14. The Morgan fingerprint density at radius 1 is 1.58 bits per heavy atom. The van der Waals surface area contributed by atoms with Gasteiger partial charge in [-0.3, -0.25) is 4.68 Å². The quantitative estimate of drug-likeness (QED) is 0.660. The third-order valence-corrected chi connectivity index (χ3v) is 2.13. The maximum atomic E-state index is 8.59. The van der Waals surface area contributed by atoms with Crippen molar-refractivity contribution < 1.29 is 0 Å². The fraction of sp³-hybridized carbons (Fsp3) is 0.556. The highest BCUT2D eigenvalue weighted by Crippen LogP contribution is 2.13. The van der Waals surface area contributed by atoms with Crippen molar-refractivity contribution in [2.45, 2.75) is 26.7 Å². The van der Waals surface area contributed by atoms with E-state index >= 15 is 0 Å². The first kappa shape index (κ1) is 8.79. The molecule has 64 valence electrons. The Hall–Kier alpha value is -1.30. The van der Waals surface area contributed by atoms with E-state index in [9.17, 15) is 0 Å². The van der Waals surface area contributed by atoms with Gasteiger partial charge >= 0.3 is 0 Å². The van der Waals surface area contributed by atoms with E-state index in [-0.39, 0.29) is 0 Å². The van der Waals surface area contributed by atoms with Gasteiger partial charge in [0.2, 0.25) is 0 Å². The molecule has 0 saturated carbocycles. The topological polar surface area (TPSA) is 41.6 Å². The Labute approximate surface area is 72.6 Å².